The van der Waals surface area contributed by atoms with E-state index in [4.69, 9.17) is 18.0 Å². The number of hydrogen-bond acceptors (Lipinski definition) is 5. The topological polar surface area (TPSA) is 93.8 Å². The van der Waals surface area contributed by atoms with Crippen molar-refractivity contribution in [3.8, 4) is 0 Å². The minimum atomic E-state index is -2.98. The molecule has 1 aliphatic heterocycles. The largest absolute Gasteiger partial charge is 0.368 e. The number of hydrogen-bond donors (Lipinski definition) is 2. The van der Waals surface area contributed by atoms with Gasteiger partial charge in [-0.2, -0.15) is 0 Å². The van der Waals surface area contributed by atoms with Gasteiger partial charge in [-0.25, -0.2) is 13.5 Å². The second kappa shape index (κ2) is 3.05. The van der Waals surface area contributed by atoms with E-state index in [1.807, 2.05) is 6.92 Å². The molecule has 1 aromatic heterocycles. The van der Waals surface area contributed by atoms with Crippen LogP contribution >= 0.6 is 12.2 Å². The Labute approximate surface area is 92.4 Å². The van der Waals surface area contributed by atoms with Gasteiger partial charge >= 0.3 is 0 Å². The highest BCUT2D eigenvalue weighted by Crippen LogP contribution is 2.32. The van der Waals surface area contributed by atoms with Gasteiger partial charge in [0.1, 0.15) is 0 Å². The first-order chi connectivity index (χ1) is 6.84. The van der Waals surface area contributed by atoms with Gasteiger partial charge in [0, 0.05) is 0 Å². The van der Waals surface area contributed by atoms with Crippen LogP contribution in [0.25, 0.3) is 0 Å². The Morgan fingerprint density at radius 1 is 1.67 bits per heavy atom. The number of sulfone groups is 1. The summed E-state index contributed by atoms with van der Waals surface area (Å²) in [6.45, 7) is 1.83. The van der Waals surface area contributed by atoms with Crippen molar-refractivity contribution in [3.05, 3.63) is 4.77 Å². The molecule has 0 spiro atoms. The van der Waals surface area contributed by atoms with Gasteiger partial charge in [-0.1, -0.05) is 0 Å². The molecule has 1 aromatic rings. The number of aromatic nitrogens is 3. The fraction of sp³-hybridized carbons (Fsp3) is 0.714. The zero-order chi connectivity index (χ0) is 11.3. The van der Waals surface area contributed by atoms with Gasteiger partial charge in [0.05, 0.1) is 17.0 Å². The van der Waals surface area contributed by atoms with Gasteiger partial charge in [0.15, 0.2) is 14.6 Å². The second-order valence-corrected chi connectivity index (χ2v) is 6.63. The molecule has 1 saturated heterocycles. The highest BCUT2D eigenvalue weighted by atomic mass is 32.2. The van der Waals surface area contributed by atoms with E-state index < -0.39 is 15.4 Å². The Morgan fingerprint density at radius 2 is 2.33 bits per heavy atom. The summed E-state index contributed by atoms with van der Waals surface area (Å²) in [5.41, 5.74) is 5.09. The molecule has 0 saturated carbocycles. The Balaban J connectivity index is 2.53. The number of aromatic amines is 1. The highest BCUT2D eigenvalue weighted by molar-refractivity contribution is 7.91. The molecule has 2 rings (SSSR count). The lowest BCUT2D eigenvalue weighted by atomic mass is 10.0. The molecule has 8 heteroatoms. The van der Waals surface area contributed by atoms with Crippen LogP contribution in [0.4, 0.5) is 5.95 Å². The quantitative estimate of drug-likeness (QED) is 0.685. The number of nitrogens with one attached hydrogen (secondary N) is 1. The molecule has 6 nitrogen and oxygen atoms in total. The van der Waals surface area contributed by atoms with Crippen LogP contribution in [0, 0.1) is 4.77 Å². The van der Waals surface area contributed by atoms with E-state index in [1.165, 1.54) is 0 Å². The van der Waals surface area contributed by atoms with Gasteiger partial charge in [-0.3, -0.25) is 4.57 Å². The number of anilines is 1. The molecule has 1 unspecified atom stereocenters. The Kier molecular flexibility index (Phi) is 2.16. The summed E-state index contributed by atoms with van der Waals surface area (Å²) in [5.74, 6) is 0.480. The van der Waals surface area contributed by atoms with E-state index in [-0.39, 0.29) is 17.5 Å². The van der Waals surface area contributed by atoms with Crippen molar-refractivity contribution < 1.29 is 8.42 Å². The molecule has 0 bridgehead atoms. The van der Waals surface area contributed by atoms with Gasteiger partial charge in [0.2, 0.25) is 5.95 Å². The minimum Gasteiger partial charge on any atom is -0.368 e. The molecule has 1 aliphatic rings. The molecular formula is C7H12N4O2S2. The van der Waals surface area contributed by atoms with Crippen LogP contribution in [0.1, 0.15) is 13.3 Å². The van der Waals surface area contributed by atoms with E-state index in [0.717, 1.165) is 0 Å². The number of nitrogens with two attached hydrogens (primary N) is 1. The molecule has 3 N–H and O–H groups in total. The average Bonchev–Trinajstić information content (AvgIpc) is 2.55. The lowest BCUT2D eigenvalue weighted by Gasteiger charge is -2.24. The maximum Gasteiger partial charge on any atom is 0.221 e. The van der Waals surface area contributed by atoms with Crippen LogP contribution < -0.4 is 5.73 Å². The SMILES string of the molecule is CC1(n2c(N)n[nH]c2=S)CCS(=O)(=O)C1. The van der Waals surface area contributed by atoms with E-state index in [0.29, 0.717) is 11.2 Å². The lowest BCUT2D eigenvalue weighted by Crippen LogP contribution is -2.32. The number of rotatable bonds is 1. The van der Waals surface area contributed by atoms with E-state index in [1.54, 1.807) is 4.57 Å². The van der Waals surface area contributed by atoms with Crippen LogP contribution in [0.2, 0.25) is 0 Å². The van der Waals surface area contributed by atoms with Crippen LogP contribution in [0.15, 0.2) is 0 Å². The normalized spacial score (nSPS) is 29.4. The summed E-state index contributed by atoms with van der Waals surface area (Å²) in [4.78, 5) is 0. The highest BCUT2D eigenvalue weighted by Gasteiger charge is 2.41. The summed E-state index contributed by atoms with van der Waals surface area (Å²) in [7, 11) is -2.98. The van der Waals surface area contributed by atoms with Gasteiger partial charge in [-0.15, -0.1) is 5.10 Å². The first-order valence-corrected chi connectivity index (χ1v) is 6.71. The molecule has 1 atom stereocenters. The molecule has 0 amide bonds. The third-order valence-electron chi connectivity index (χ3n) is 2.72. The predicted octanol–water partition coefficient (Wildman–Crippen LogP) is 0.0566. The summed E-state index contributed by atoms with van der Waals surface area (Å²) in [5, 5.41) is 6.34. The smallest absolute Gasteiger partial charge is 0.221 e. The number of nitrogen functional groups attached to an aromatic ring is 1. The maximum absolute atomic E-state index is 11.4. The molecule has 0 aromatic carbocycles. The van der Waals surface area contributed by atoms with E-state index >= 15 is 0 Å². The van der Waals surface area contributed by atoms with Crippen molar-refractivity contribution in [2.24, 2.45) is 0 Å². The van der Waals surface area contributed by atoms with Crippen molar-refractivity contribution in [1.29, 1.82) is 0 Å². The standard InChI is InChI=1S/C7H12N4O2S2/c1-7(2-3-15(12,13)4-7)11-5(8)9-10-6(11)14/h2-4H2,1H3,(H2,8,9)(H,10,14). The van der Waals surface area contributed by atoms with Gasteiger partial charge in [-0.05, 0) is 25.6 Å². The van der Waals surface area contributed by atoms with Crippen LogP contribution in [-0.4, -0.2) is 34.7 Å². The summed E-state index contributed by atoms with van der Waals surface area (Å²) < 4.78 is 24.8. The first kappa shape index (κ1) is 10.6. The van der Waals surface area contributed by atoms with Crippen LogP contribution in [0.3, 0.4) is 0 Å². The van der Waals surface area contributed by atoms with Crippen molar-refractivity contribution in [2.75, 3.05) is 17.2 Å². The molecule has 84 valence electrons. The number of H-pyrrole nitrogens is 1. The average molecular weight is 248 g/mol. The van der Waals surface area contributed by atoms with Crippen molar-refractivity contribution in [3.63, 3.8) is 0 Å². The van der Waals surface area contributed by atoms with Gasteiger partial charge in [0.25, 0.3) is 0 Å². The molecule has 0 aliphatic carbocycles. The molecule has 15 heavy (non-hydrogen) atoms. The van der Waals surface area contributed by atoms with Crippen LogP contribution in [0.5, 0.6) is 0 Å². The van der Waals surface area contributed by atoms with E-state index in [2.05, 4.69) is 10.2 Å². The van der Waals surface area contributed by atoms with Crippen molar-refractivity contribution in [2.45, 2.75) is 18.9 Å². The summed E-state index contributed by atoms with van der Waals surface area (Å²) >= 11 is 5.03. The monoisotopic (exact) mass is 248 g/mol. The third kappa shape index (κ3) is 1.67. The Bertz CT molecular complexity index is 544. The fourth-order valence-corrected chi connectivity index (χ4v) is 4.48. The molecule has 2 heterocycles. The molecule has 1 fully saturated rings. The van der Waals surface area contributed by atoms with Crippen molar-refractivity contribution in [1.82, 2.24) is 14.8 Å². The van der Waals surface area contributed by atoms with Gasteiger partial charge < -0.3 is 5.73 Å². The summed E-state index contributed by atoms with van der Waals surface area (Å²) in [6, 6.07) is 0. The molecule has 0 radical (unpaired) electrons. The van der Waals surface area contributed by atoms with Crippen LogP contribution in [-0.2, 0) is 15.4 Å². The Hall–Kier alpha value is -0.890. The molecular weight excluding hydrogens is 236 g/mol. The first-order valence-electron chi connectivity index (χ1n) is 4.48. The zero-order valence-corrected chi connectivity index (χ0v) is 9.86. The lowest BCUT2D eigenvalue weighted by molar-refractivity contribution is 0.365. The third-order valence-corrected chi connectivity index (χ3v) is 4.88. The predicted molar refractivity (Wildman–Crippen MR) is 58.7 cm³/mol. The van der Waals surface area contributed by atoms with Crippen molar-refractivity contribution >= 4 is 28.0 Å². The zero-order valence-electron chi connectivity index (χ0n) is 8.23. The number of nitrogens with zero attached hydrogens (tertiary/aromatic N) is 2. The Morgan fingerprint density at radius 3 is 2.73 bits per heavy atom. The second-order valence-electron chi connectivity index (χ2n) is 4.06. The summed E-state index contributed by atoms with van der Waals surface area (Å²) in [6.07, 6.45) is 0.521. The maximum atomic E-state index is 11.4. The van der Waals surface area contributed by atoms with E-state index in [9.17, 15) is 8.42 Å². The minimum absolute atomic E-state index is 0.0675. The fourth-order valence-electron chi connectivity index (χ4n) is 2.00.